The topological polar surface area (TPSA) is 55.4 Å². The van der Waals surface area contributed by atoms with Gasteiger partial charge in [0.05, 0.1) is 6.61 Å². The molecule has 1 amide bonds. The number of hydrogen-bond acceptors (Lipinski definition) is 4. The van der Waals surface area contributed by atoms with Crippen LogP contribution in [-0.4, -0.2) is 36.5 Å². The molecule has 4 nitrogen and oxygen atoms in total. The molecule has 5 heteroatoms. The Morgan fingerprint density at radius 1 is 1.33 bits per heavy atom. The van der Waals surface area contributed by atoms with Crippen LogP contribution in [0.25, 0.3) is 0 Å². The lowest BCUT2D eigenvalue weighted by atomic mass is 9.80. The maximum absolute atomic E-state index is 12.1. The first kappa shape index (κ1) is 17.3. The quantitative estimate of drug-likeness (QED) is 0.595. The molecule has 0 bridgehead atoms. The molecule has 0 aliphatic rings. The SMILES string of the molecule is CCOC(=O)C(C(=O)NCC(C)SC)C(C)(C)C. The Morgan fingerprint density at radius 3 is 2.28 bits per heavy atom. The summed E-state index contributed by atoms with van der Waals surface area (Å²) in [6, 6.07) is 0. The van der Waals surface area contributed by atoms with Crippen LogP contribution in [0.4, 0.5) is 0 Å². The van der Waals surface area contributed by atoms with E-state index in [4.69, 9.17) is 4.74 Å². The van der Waals surface area contributed by atoms with Crippen LogP contribution in [0.2, 0.25) is 0 Å². The zero-order chi connectivity index (χ0) is 14.3. The number of carbonyl (C=O) groups excluding carboxylic acids is 2. The van der Waals surface area contributed by atoms with Crippen LogP contribution in [0.1, 0.15) is 34.6 Å². The van der Waals surface area contributed by atoms with Crippen LogP contribution in [0, 0.1) is 11.3 Å². The monoisotopic (exact) mass is 275 g/mol. The summed E-state index contributed by atoms with van der Waals surface area (Å²) in [5, 5.41) is 3.15. The molecule has 0 aliphatic heterocycles. The van der Waals surface area contributed by atoms with Gasteiger partial charge in [-0.3, -0.25) is 9.59 Å². The molecule has 106 valence electrons. The fraction of sp³-hybridized carbons (Fsp3) is 0.846. The van der Waals surface area contributed by atoms with E-state index in [9.17, 15) is 9.59 Å². The van der Waals surface area contributed by atoms with Gasteiger partial charge in [-0.2, -0.15) is 11.8 Å². The number of hydrogen-bond donors (Lipinski definition) is 1. The van der Waals surface area contributed by atoms with Crippen LogP contribution in [0.3, 0.4) is 0 Å². The molecule has 2 unspecified atom stereocenters. The standard InChI is InChI=1S/C13H25NO3S/c1-7-17-12(16)10(13(3,4)5)11(15)14-8-9(2)18-6/h9-10H,7-8H2,1-6H3,(H,14,15). The third kappa shape index (κ3) is 5.76. The van der Waals surface area contributed by atoms with Crippen LogP contribution < -0.4 is 5.32 Å². The zero-order valence-corrected chi connectivity index (χ0v) is 13.0. The third-order valence-corrected chi connectivity index (χ3v) is 3.59. The molecule has 0 rings (SSSR count). The van der Waals surface area contributed by atoms with Gasteiger partial charge in [-0.05, 0) is 18.6 Å². The Balaban J connectivity index is 4.67. The van der Waals surface area contributed by atoms with E-state index < -0.39 is 17.3 Å². The van der Waals surface area contributed by atoms with Crippen LogP contribution in [0.15, 0.2) is 0 Å². The summed E-state index contributed by atoms with van der Waals surface area (Å²) >= 11 is 1.67. The highest BCUT2D eigenvalue weighted by molar-refractivity contribution is 7.99. The summed E-state index contributed by atoms with van der Waals surface area (Å²) in [6.45, 7) is 10.2. The van der Waals surface area contributed by atoms with E-state index in [1.54, 1.807) is 18.7 Å². The van der Waals surface area contributed by atoms with Gasteiger partial charge in [0.1, 0.15) is 5.92 Å². The second-order valence-corrected chi connectivity index (χ2v) is 6.62. The van der Waals surface area contributed by atoms with E-state index >= 15 is 0 Å². The molecule has 2 atom stereocenters. The Bertz CT molecular complexity index is 286. The minimum atomic E-state index is -0.758. The number of nitrogens with one attached hydrogen (secondary N) is 1. The Hall–Kier alpha value is -0.710. The summed E-state index contributed by atoms with van der Waals surface area (Å²) in [7, 11) is 0. The van der Waals surface area contributed by atoms with Crippen molar-refractivity contribution in [2.75, 3.05) is 19.4 Å². The van der Waals surface area contributed by atoms with E-state index in [2.05, 4.69) is 5.32 Å². The average molecular weight is 275 g/mol. The second kappa shape index (κ2) is 7.67. The van der Waals surface area contributed by atoms with Gasteiger partial charge in [0.25, 0.3) is 0 Å². The number of amides is 1. The van der Waals surface area contributed by atoms with Gasteiger partial charge in [-0.15, -0.1) is 0 Å². The van der Waals surface area contributed by atoms with Crippen molar-refractivity contribution >= 4 is 23.6 Å². The summed E-state index contributed by atoms with van der Waals surface area (Å²) in [5.74, 6) is -1.45. The van der Waals surface area contributed by atoms with Crippen LogP contribution in [0.5, 0.6) is 0 Å². The molecule has 0 aliphatic carbocycles. The fourth-order valence-electron chi connectivity index (χ4n) is 1.51. The maximum Gasteiger partial charge on any atom is 0.319 e. The lowest BCUT2D eigenvalue weighted by Gasteiger charge is -2.28. The lowest BCUT2D eigenvalue weighted by Crippen LogP contribution is -2.45. The molecule has 0 saturated carbocycles. The normalized spacial score (nSPS) is 14.8. The molecule has 0 saturated heterocycles. The molecule has 0 heterocycles. The lowest BCUT2D eigenvalue weighted by molar-refractivity contribution is -0.156. The molecule has 0 aromatic rings. The number of ether oxygens (including phenoxy) is 1. The maximum atomic E-state index is 12.1. The van der Waals surface area contributed by atoms with Gasteiger partial charge in [-0.1, -0.05) is 27.7 Å². The van der Waals surface area contributed by atoms with Crippen molar-refractivity contribution in [2.24, 2.45) is 11.3 Å². The van der Waals surface area contributed by atoms with Gasteiger partial charge in [-0.25, -0.2) is 0 Å². The highest BCUT2D eigenvalue weighted by atomic mass is 32.2. The van der Waals surface area contributed by atoms with Crippen molar-refractivity contribution in [2.45, 2.75) is 39.9 Å². The molecular formula is C13H25NO3S. The third-order valence-electron chi connectivity index (χ3n) is 2.62. The summed E-state index contributed by atoms with van der Waals surface area (Å²) in [4.78, 5) is 24.0. The minimum absolute atomic E-state index is 0.248. The van der Waals surface area contributed by atoms with Crippen molar-refractivity contribution in [3.05, 3.63) is 0 Å². The number of carbonyl (C=O) groups is 2. The van der Waals surface area contributed by atoms with Crippen molar-refractivity contribution in [3.63, 3.8) is 0 Å². The Kier molecular flexibility index (Phi) is 7.36. The predicted molar refractivity (Wildman–Crippen MR) is 75.6 cm³/mol. The molecule has 0 aromatic carbocycles. The predicted octanol–water partition coefficient (Wildman–Crippen LogP) is 2.08. The van der Waals surface area contributed by atoms with E-state index in [-0.39, 0.29) is 5.91 Å². The van der Waals surface area contributed by atoms with Crippen molar-refractivity contribution in [1.82, 2.24) is 5.32 Å². The molecular weight excluding hydrogens is 250 g/mol. The largest absolute Gasteiger partial charge is 0.465 e. The zero-order valence-electron chi connectivity index (χ0n) is 12.2. The summed E-state index contributed by atoms with van der Waals surface area (Å²) in [5.41, 5.74) is -0.446. The smallest absolute Gasteiger partial charge is 0.319 e. The second-order valence-electron chi connectivity index (χ2n) is 5.34. The molecule has 0 aromatic heterocycles. The van der Waals surface area contributed by atoms with Gasteiger partial charge in [0, 0.05) is 11.8 Å². The number of esters is 1. The van der Waals surface area contributed by atoms with Gasteiger partial charge < -0.3 is 10.1 Å². The molecule has 0 spiro atoms. The minimum Gasteiger partial charge on any atom is -0.465 e. The number of thioether (sulfide) groups is 1. The van der Waals surface area contributed by atoms with Crippen molar-refractivity contribution in [1.29, 1.82) is 0 Å². The van der Waals surface area contributed by atoms with Gasteiger partial charge in [0.15, 0.2) is 0 Å². The number of rotatable bonds is 6. The summed E-state index contributed by atoms with van der Waals surface area (Å²) in [6.07, 6.45) is 1.99. The van der Waals surface area contributed by atoms with E-state index in [1.165, 1.54) is 0 Å². The van der Waals surface area contributed by atoms with Crippen LogP contribution >= 0.6 is 11.8 Å². The fourth-order valence-corrected chi connectivity index (χ4v) is 1.76. The van der Waals surface area contributed by atoms with Gasteiger partial charge in [0.2, 0.25) is 5.91 Å². The van der Waals surface area contributed by atoms with Crippen molar-refractivity contribution in [3.8, 4) is 0 Å². The van der Waals surface area contributed by atoms with Crippen LogP contribution in [-0.2, 0) is 14.3 Å². The van der Waals surface area contributed by atoms with E-state index in [0.717, 1.165) is 0 Å². The van der Waals surface area contributed by atoms with E-state index in [0.29, 0.717) is 18.4 Å². The first-order chi connectivity index (χ1) is 8.23. The highest BCUT2D eigenvalue weighted by Crippen LogP contribution is 2.27. The van der Waals surface area contributed by atoms with E-state index in [1.807, 2.05) is 34.0 Å². The van der Waals surface area contributed by atoms with Crippen molar-refractivity contribution < 1.29 is 14.3 Å². The van der Waals surface area contributed by atoms with Gasteiger partial charge >= 0.3 is 5.97 Å². The molecule has 1 N–H and O–H groups in total. The molecule has 0 fully saturated rings. The molecule has 0 radical (unpaired) electrons. The molecule has 18 heavy (non-hydrogen) atoms. The highest BCUT2D eigenvalue weighted by Gasteiger charge is 2.38. The summed E-state index contributed by atoms with van der Waals surface area (Å²) < 4.78 is 4.98. The Morgan fingerprint density at radius 2 is 1.89 bits per heavy atom. The first-order valence-corrected chi connectivity index (χ1v) is 7.50. The first-order valence-electron chi connectivity index (χ1n) is 6.21. The average Bonchev–Trinajstić information content (AvgIpc) is 2.24. The Labute approximate surface area is 114 Å².